The smallest absolute Gasteiger partial charge is 0.481 e. The third kappa shape index (κ3) is 73.1. The van der Waals surface area contributed by atoms with Crippen LogP contribution in [0.3, 0.4) is 0 Å². The molecule has 0 bridgehead atoms. The SMILES string of the molecule is CC(=O)OC(=O)C(F)(F)F.CC(C)(C)O.CC(C)(C)OC(=O)CCCCCCCBr.ClCCl.O=C(O)CCCCCCCBr. The van der Waals surface area contributed by atoms with Gasteiger partial charge in [0.1, 0.15) is 5.60 Å². The van der Waals surface area contributed by atoms with Crippen molar-refractivity contribution in [2.45, 2.75) is 143 Å². The normalized spacial score (nSPS) is 10.6. The van der Waals surface area contributed by atoms with Gasteiger partial charge in [-0.1, -0.05) is 70.4 Å². The summed E-state index contributed by atoms with van der Waals surface area (Å²) in [5.74, 6) is -4.50. The standard InChI is InChI=1S/C12H23BrO2.C8H15BrO2.C4H3F3O3.C4H10O.CH2Cl2/c1-12(2,3)15-11(14)9-7-5-4-6-8-10-13;9-7-5-3-1-2-4-6-8(10)11;1-2(8)10-3(9)4(5,6)7;1-4(2,3)5;2-1-3/h4-10H2,1-3H3;1-7H2,(H,10,11);1H3;5H,1-3H3;1H2. The fourth-order valence-corrected chi connectivity index (χ4v) is 3.17. The van der Waals surface area contributed by atoms with Crippen molar-refractivity contribution in [2.24, 2.45) is 0 Å². The lowest BCUT2D eigenvalue weighted by Gasteiger charge is -2.19. The Balaban J connectivity index is -0.000000156. The highest BCUT2D eigenvalue weighted by Crippen LogP contribution is 2.16. The third-order valence-electron chi connectivity index (χ3n) is 3.93. The van der Waals surface area contributed by atoms with Crippen LogP contribution in [0.25, 0.3) is 0 Å². The molecular weight excluding hydrogens is 764 g/mol. The second kappa shape index (κ2) is 33.7. The van der Waals surface area contributed by atoms with Crippen LogP contribution in [0.5, 0.6) is 0 Å². The second-order valence-corrected chi connectivity index (χ2v) is 13.4. The van der Waals surface area contributed by atoms with E-state index in [2.05, 4.69) is 36.6 Å². The van der Waals surface area contributed by atoms with Gasteiger partial charge in [-0.3, -0.25) is 14.4 Å². The highest BCUT2D eigenvalue weighted by molar-refractivity contribution is 9.09. The minimum Gasteiger partial charge on any atom is -0.481 e. The van der Waals surface area contributed by atoms with E-state index in [0.29, 0.717) is 19.8 Å². The van der Waals surface area contributed by atoms with Crippen molar-refractivity contribution >= 4 is 78.9 Å². The van der Waals surface area contributed by atoms with Crippen molar-refractivity contribution in [3.8, 4) is 0 Å². The van der Waals surface area contributed by atoms with Crippen molar-refractivity contribution in [3.63, 3.8) is 0 Å². The van der Waals surface area contributed by atoms with Crippen LogP contribution in [0.2, 0.25) is 0 Å². The van der Waals surface area contributed by atoms with Crippen molar-refractivity contribution in [3.05, 3.63) is 0 Å². The number of carboxylic acids is 1. The molecule has 0 unspecified atom stereocenters. The fourth-order valence-electron chi connectivity index (χ4n) is 2.38. The second-order valence-electron chi connectivity index (χ2n) is 11.0. The van der Waals surface area contributed by atoms with Crippen molar-refractivity contribution in [1.82, 2.24) is 0 Å². The highest BCUT2D eigenvalue weighted by Gasteiger charge is 2.41. The maximum Gasteiger partial charge on any atom is 0.491 e. The molecule has 0 spiro atoms. The van der Waals surface area contributed by atoms with E-state index >= 15 is 0 Å². The van der Waals surface area contributed by atoms with Crippen LogP contribution < -0.4 is 0 Å². The summed E-state index contributed by atoms with van der Waals surface area (Å²) >= 11 is 16.3. The van der Waals surface area contributed by atoms with Gasteiger partial charge in [0.05, 0.1) is 10.9 Å². The van der Waals surface area contributed by atoms with Gasteiger partial charge in [0.2, 0.25) is 0 Å². The van der Waals surface area contributed by atoms with Gasteiger partial charge in [-0.25, -0.2) is 4.79 Å². The molecule has 0 radical (unpaired) electrons. The molecule has 0 aromatic rings. The minimum absolute atomic E-state index is 0.0667. The van der Waals surface area contributed by atoms with Gasteiger partial charge in [0.25, 0.3) is 0 Å². The van der Waals surface area contributed by atoms with Crippen LogP contribution in [0.4, 0.5) is 13.2 Å². The molecule has 0 aromatic heterocycles. The number of alkyl halides is 7. The number of hydrogen-bond donors (Lipinski definition) is 2. The number of carbonyl (C=O) groups is 4. The first-order valence-electron chi connectivity index (χ1n) is 14.2. The summed E-state index contributed by atoms with van der Waals surface area (Å²) in [5.41, 5.74) is -0.840. The van der Waals surface area contributed by atoms with Crippen molar-refractivity contribution < 1.29 is 52.0 Å². The van der Waals surface area contributed by atoms with E-state index in [-0.39, 0.29) is 16.9 Å². The summed E-state index contributed by atoms with van der Waals surface area (Å²) < 4.78 is 42.0. The number of carboxylic acid groups (broad SMARTS) is 1. The Kier molecular flexibility index (Phi) is 40.5. The fraction of sp³-hybridized carbons (Fsp3) is 0.862. The Labute approximate surface area is 288 Å². The van der Waals surface area contributed by atoms with Crippen molar-refractivity contribution in [1.29, 1.82) is 0 Å². The first kappa shape index (κ1) is 52.9. The topological polar surface area (TPSA) is 127 Å². The first-order valence-corrected chi connectivity index (χ1v) is 17.5. The number of unbranched alkanes of at least 4 members (excludes halogenated alkanes) is 8. The number of hydrogen-bond acceptors (Lipinski definition) is 7. The van der Waals surface area contributed by atoms with E-state index in [4.69, 9.17) is 38.2 Å². The quantitative estimate of drug-likeness (QED) is 0.0768. The van der Waals surface area contributed by atoms with Gasteiger partial charge >= 0.3 is 30.1 Å². The molecule has 44 heavy (non-hydrogen) atoms. The van der Waals surface area contributed by atoms with Crippen LogP contribution in [-0.2, 0) is 28.7 Å². The summed E-state index contributed by atoms with van der Waals surface area (Å²) in [6, 6.07) is 0. The molecule has 0 heterocycles. The number of ether oxygens (including phenoxy) is 2. The molecule has 0 fully saturated rings. The van der Waals surface area contributed by atoms with Crippen LogP contribution in [0.1, 0.15) is 126 Å². The summed E-state index contributed by atoms with van der Waals surface area (Å²) in [5, 5.41) is 19.2. The Hall–Kier alpha value is -0.630. The molecule has 0 amide bonds. The Morgan fingerprint density at radius 3 is 1.27 bits per heavy atom. The Bertz CT molecular complexity index is 710. The van der Waals surface area contributed by atoms with E-state index in [1.165, 1.54) is 38.5 Å². The van der Waals surface area contributed by atoms with Gasteiger partial charge in [-0.05, 0) is 67.2 Å². The lowest BCUT2D eigenvalue weighted by atomic mass is 10.1. The average Bonchev–Trinajstić information content (AvgIpc) is 2.81. The molecule has 2 N–H and O–H groups in total. The van der Waals surface area contributed by atoms with Gasteiger partial charge in [0.15, 0.2) is 0 Å². The zero-order valence-electron chi connectivity index (χ0n) is 27.1. The molecule has 0 atom stereocenters. The van der Waals surface area contributed by atoms with E-state index in [1.807, 2.05) is 20.8 Å². The number of rotatable bonds is 14. The number of halogens is 7. The highest BCUT2D eigenvalue weighted by atomic mass is 79.9. The van der Waals surface area contributed by atoms with Gasteiger partial charge < -0.3 is 19.7 Å². The van der Waals surface area contributed by atoms with Crippen LogP contribution in [-0.4, -0.2) is 67.5 Å². The summed E-state index contributed by atoms with van der Waals surface area (Å²) in [6.07, 6.45) is 7.04. The predicted octanol–water partition coefficient (Wildman–Crippen LogP) is 9.71. The van der Waals surface area contributed by atoms with Crippen LogP contribution in [0.15, 0.2) is 0 Å². The summed E-state index contributed by atoms with van der Waals surface area (Å²) in [6.45, 7) is 11.7. The molecule has 0 aromatic carbocycles. The summed E-state index contributed by atoms with van der Waals surface area (Å²) in [4.78, 5) is 40.9. The maximum absolute atomic E-state index is 11.3. The zero-order chi connectivity index (χ0) is 35.8. The molecular formula is C29H53Br2Cl2F3O8. The molecule has 0 rings (SSSR count). The Morgan fingerprint density at radius 1 is 0.705 bits per heavy atom. The first-order chi connectivity index (χ1) is 20.0. The molecule has 0 saturated carbocycles. The third-order valence-corrected chi connectivity index (χ3v) is 5.05. The van der Waals surface area contributed by atoms with Crippen LogP contribution >= 0.6 is 55.1 Å². The number of aliphatic hydroxyl groups is 1. The molecule has 8 nitrogen and oxygen atoms in total. The lowest BCUT2D eigenvalue weighted by molar-refractivity contribution is -0.201. The van der Waals surface area contributed by atoms with E-state index in [9.17, 15) is 32.3 Å². The zero-order valence-corrected chi connectivity index (χ0v) is 31.8. The molecule has 0 aliphatic carbocycles. The largest absolute Gasteiger partial charge is 0.491 e. The molecule has 0 aliphatic rings. The Morgan fingerprint density at radius 2 is 1.02 bits per heavy atom. The monoisotopic (exact) mass is 814 g/mol. The predicted molar refractivity (Wildman–Crippen MR) is 178 cm³/mol. The molecule has 0 saturated heterocycles. The molecule has 0 aliphatic heterocycles. The molecule has 15 heteroatoms. The van der Waals surface area contributed by atoms with Gasteiger partial charge in [0, 0.05) is 30.4 Å². The number of carbonyl (C=O) groups excluding carboxylic acids is 3. The van der Waals surface area contributed by atoms with Gasteiger partial charge in [-0.2, -0.15) is 13.2 Å². The van der Waals surface area contributed by atoms with E-state index in [1.54, 1.807) is 20.8 Å². The molecule has 266 valence electrons. The number of aliphatic carboxylic acids is 1. The minimum atomic E-state index is -5.09. The average molecular weight is 817 g/mol. The summed E-state index contributed by atoms with van der Waals surface area (Å²) in [7, 11) is 0. The van der Waals surface area contributed by atoms with E-state index in [0.717, 1.165) is 36.3 Å². The van der Waals surface area contributed by atoms with Crippen LogP contribution in [0, 0.1) is 0 Å². The van der Waals surface area contributed by atoms with E-state index < -0.39 is 29.7 Å². The number of esters is 3. The van der Waals surface area contributed by atoms with Crippen molar-refractivity contribution in [2.75, 3.05) is 16.0 Å². The van der Waals surface area contributed by atoms with Gasteiger partial charge in [-0.15, -0.1) is 23.2 Å². The maximum atomic E-state index is 11.3. The lowest BCUT2D eigenvalue weighted by Crippen LogP contribution is -2.26.